The van der Waals surface area contributed by atoms with Gasteiger partial charge < -0.3 is 23.7 Å². The van der Waals surface area contributed by atoms with Crippen LogP contribution in [0.4, 0.5) is 18.0 Å². The van der Waals surface area contributed by atoms with Gasteiger partial charge in [-0.05, 0) is 17.5 Å². The average Bonchev–Trinajstić information content (AvgIpc) is 3.32. The third kappa shape index (κ3) is 7.00. The summed E-state index contributed by atoms with van der Waals surface area (Å²) in [5.74, 6) is 1.34. The van der Waals surface area contributed by atoms with Gasteiger partial charge in [0.25, 0.3) is 5.88 Å². The Kier molecular flexibility index (Phi) is 8.55. The molecule has 0 bridgehead atoms. The number of rotatable bonds is 7. The SMILES string of the molecule is COCCOc1coc(C2CC(c3ccc(CC(F)(F)F)cc3)CN(C(=O)N3CCS(=O)CC3)C2)n1. The van der Waals surface area contributed by atoms with Gasteiger partial charge in [-0.2, -0.15) is 18.2 Å². The lowest BCUT2D eigenvalue weighted by molar-refractivity contribution is -0.127. The van der Waals surface area contributed by atoms with Gasteiger partial charge in [0, 0.05) is 61.5 Å². The van der Waals surface area contributed by atoms with Crippen LogP contribution < -0.4 is 4.74 Å². The zero-order chi connectivity index (χ0) is 25.7. The van der Waals surface area contributed by atoms with Gasteiger partial charge in [0.05, 0.1) is 18.9 Å². The predicted molar refractivity (Wildman–Crippen MR) is 127 cm³/mol. The Hall–Kier alpha value is -2.60. The summed E-state index contributed by atoms with van der Waals surface area (Å²) in [6.07, 6.45) is -3.21. The molecule has 198 valence electrons. The lowest BCUT2D eigenvalue weighted by atomic mass is 9.84. The molecule has 36 heavy (non-hydrogen) atoms. The van der Waals surface area contributed by atoms with Crippen LogP contribution in [-0.2, 0) is 22.0 Å². The van der Waals surface area contributed by atoms with Gasteiger partial charge in [-0.1, -0.05) is 24.3 Å². The van der Waals surface area contributed by atoms with Crippen molar-refractivity contribution in [2.45, 2.75) is 30.9 Å². The van der Waals surface area contributed by atoms with E-state index in [4.69, 9.17) is 13.9 Å². The molecule has 0 aliphatic carbocycles. The topological polar surface area (TPSA) is 85.1 Å². The summed E-state index contributed by atoms with van der Waals surface area (Å²) in [6, 6.07) is 6.25. The zero-order valence-corrected chi connectivity index (χ0v) is 20.9. The Balaban J connectivity index is 1.52. The standard InChI is InChI=1S/C24H30F3N3O5S/c1-33-8-9-34-21-16-35-22(28-21)20-12-19(18-4-2-17(3-5-18)13-24(25,26)27)14-30(15-20)23(31)29-6-10-36(32)11-7-29/h2-5,16,19-20H,6-15H2,1H3. The number of piperidine rings is 1. The molecule has 0 N–H and O–H groups in total. The molecular weight excluding hydrogens is 499 g/mol. The highest BCUT2D eigenvalue weighted by Crippen LogP contribution is 2.37. The number of amides is 2. The number of benzene rings is 1. The van der Waals surface area contributed by atoms with Crippen LogP contribution in [0.25, 0.3) is 0 Å². The number of alkyl halides is 3. The van der Waals surface area contributed by atoms with Crippen molar-refractivity contribution in [3.05, 3.63) is 47.5 Å². The summed E-state index contributed by atoms with van der Waals surface area (Å²) < 4.78 is 66.2. The quantitative estimate of drug-likeness (QED) is 0.510. The highest BCUT2D eigenvalue weighted by Gasteiger charge is 2.36. The van der Waals surface area contributed by atoms with Crippen LogP contribution in [0.1, 0.15) is 35.3 Å². The molecule has 8 nitrogen and oxygen atoms in total. The molecule has 0 spiro atoms. The summed E-state index contributed by atoms with van der Waals surface area (Å²) in [4.78, 5) is 21.2. The van der Waals surface area contributed by atoms with Crippen LogP contribution in [0.2, 0.25) is 0 Å². The number of carbonyl (C=O) groups excluding carboxylic acids is 1. The van der Waals surface area contributed by atoms with Crippen molar-refractivity contribution in [3.8, 4) is 5.88 Å². The summed E-state index contributed by atoms with van der Waals surface area (Å²) >= 11 is 0. The van der Waals surface area contributed by atoms with Crippen molar-refractivity contribution in [2.75, 3.05) is 58.0 Å². The summed E-state index contributed by atoms with van der Waals surface area (Å²) in [6.45, 7) is 2.40. The van der Waals surface area contributed by atoms with Gasteiger partial charge in [0.15, 0.2) is 6.26 Å². The van der Waals surface area contributed by atoms with Gasteiger partial charge in [-0.15, -0.1) is 0 Å². The number of oxazole rings is 1. The maximum Gasteiger partial charge on any atom is 0.393 e. The molecule has 0 radical (unpaired) electrons. The second-order valence-corrected chi connectivity index (χ2v) is 10.7. The minimum Gasteiger partial charge on any atom is -0.473 e. The molecule has 1 aromatic carbocycles. The van der Waals surface area contributed by atoms with Gasteiger partial charge in [-0.3, -0.25) is 4.21 Å². The van der Waals surface area contributed by atoms with Crippen molar-refractivity contribution in [2.24, 2.45) is 0 Å². The maximum absolute atomic E-state index is 13.3. The first-order valence-electron chi connectivity index (χ1n) is 11.8. The number of ether oxygens (including phenoxy) is 2. The van der Waals surface area contributed by atoms with E-state index in [2.05, 4.69) is 4.98 Å². The van der Waals surface area contributed by atoms with Crippen molar-refractivity contribution < 1.29 is 36.1 Å². The van der Waals surface area contributed by atoms with Crippen LogP contribution in [0.3, 0.4) is 0 Å². The minimum absolute atomic E-state index is 0.115. The molecule has 2 aliphatic rings. The molecule has 2 amide bonds. The monoisotopic (exact) mass is 529 g/mol. The van der Waals surface area contributed by atoms with Gasteiger partial charge in [0.1, 0.15) is 6.61 Å². The summed E-state index contributed by atoms with van der Waals surface area (Å²) in [5.41, 5.74) is 1.05. The first-order valence-corrected chi connectivity index (χ1v) is 13.3. The van der Waals surface area contributed by atoms with Crippen molar-refractivity contribution in [1.29, 1.82) is 0 Å². The molecule has 2 atom stereocenters. The minimum atomic E-state index is -4.27. The number of halogens is 3. The third-order valence-corrected chi connectivity index (χ3v) is 7.69. The molecule has 1 aromatic heterocycles. The highest BCUT2D eigenvalue weighted by atomic mass is 32.2. The van der Waals surface area contributed by atoms with Crippen molar-refractivity contribution in [3.63, 3.8) is 0 Å². The molecule has 2 aliphatic heterocycles. The number of hydrogen-bond acceptors (Lipinski definition) is 6. The normalized spacial score (nSPS) is 21.6. The molecular formula is C24H30F3N3O5S. The zero-order valence-electron chi connectivity index (χ0n) is 20.0. The maximum atomic E-state index is 13.3. The Morgan fingerprint density at radius 2 is 1.81 bits per heavy atom. The number of urea groups is 1. The molecule has 2 unspecified atom stereocenters. The smallest absolute Gasteiger partial charge is 0.393 e. The van der Waals surface area contributed by atoms with E-state index in [9.17, 15) is 22.2 Å². The highest BCUT2D eigenvalue weighted by molar-refractivity contribution is 7.85. The van der Waals surface area contributed by atoms with Crippen LogP contribution in [0, 0.1) is 0 Å². The predicted octanol–water partition coefficient (Wildman–Crippen LogP) is 3.56. The Labute approximate surface area is 210 Å². The van der Waals surface area contributed by atoms with Crippen molar-refractivity contribution >= 4 is 16.8 Å². The van der Waals surface area contributed by atoms with E-state index >= 15 is 0 Å². The second kappa shape index (κ2) is 11.6. The number of carbonyl (C=O) groups is 1. The van der Waals surface area contributed by atoms with Crippen molar-refractivity contribution in [1.82, 2.24) is 14.8 Å². The number of methoxy groups -OCH3 is 1. The molecule has 12 heteroatoms. The van der Waals surface area contributed by atoms with E-state index in [0.29, 0.717) is 69.1 Å². The lowest BCUT2D eigenvalue weighted by Crippen LogP contribution is -2.52. The summed E-state index contributed by atoms with van der Waals surface area (Å²) in [5, 5.41) is 0. The fourth-order valence-electron chi connectivity index (χ4n) is 4.60. The second-order valence-electron chi connectivity index (χ2n) is 9.05. The summed E-state index contributed by atoms with van der Waals surface area (Å²) in [7, 11) is 0.664. The molecule has 4 rings (SSSR count). The van der Waals surface area contributed by atoms with Crippen LogP contribution in [0.5, 0.6) is 5.88 Å². The Bertz CT molecular complexity index is 1040. The third-order valence-electron chi connectivity index (χ3n) is 6.41. The lowest BCUT2D eigenvalue weighted by Gasteiger charge is -2.40. The molecule has 2 aromatic rings. The van der Waals surface area contributed by atoms with E-state index in [1.54, 1.807) is 29.0 Å². The fourth-order valence-corrected chi connectivity index (χ4v) is 5.65. The van der Waals surface area contributed by atoms with E-state index < -0.39 is 23.4 Å². The first kappa shape index (κ1) is 26.5. The number of hydrogen-bond donors (Lipinski definition) is 0. The first-order chi connectivity index (χ1) is 17.2. The molecule has 2 saturated heterocycles. The van der Waals surface area contributed by atoms with E-state index in [1.807, 2.05) is 0 Å². The van der Waals surface area contributed by atoms with Gasteiger partial charge in [0.2, 0.25) is 5.89 Å². The molecule has 0 saturated carbocycles. The largest absolute Gasteiger partial charge is 0.473 e. The molecule has 3 heterocycles. The Morgan fingerprint density at radius 3 is 2.47 bits per heavy atom. The number of aromatic nitrogens is 1. The van der Waals surface area contributed by atoms with E-state index in [1.165, 1.54) is 18.4 Å². The van der Waals surface area contributed by atoms with Crippen LogP contribution in [0.15, 0.2) is 34.9 Å². The molecule has 2 fully saturated rings. The van der Waals surface area contributed by atoms with E-state index in [-0.39, 0.29) is 23.4 Å². The fraction of sp³-hybridized carbons (Fsp3) is 0.583. The number of likely N-dealkylation sites (tertiary alicyclic amines) is 1. The Morgan fingerprint density at radius 1 is 1.11 bits per heavy atom. The average molecular weight is 530 g/mol. The van der Waals surface area contributed by atoms with Crippen LogP contribution in [-0.4, -0.2) is 89.2 Å². The van der Waals surface area contributed by atoms with E-state index in [0.717, 1.165) is 5.56 Å². The van der Waals surface area contributed by atoms with Gasteiger partial charge in [-0.25, -0.2) is 4.79 Å². The number of nitrogens with zero attached hydrogens (tertiary/aromatic N) is 3. The van der Waals surface area contributed by atoms with Crippen LogP contribution >= 0.6 is 0 Å². The van der Waals surface area contributed by atoms with Gasteiger partial charge >= 0.3 is 12.2 Å².